The molecule has 0 aliphatic rings. The zero-order valence-corrected chi connectivity index (χ0v) is 19.7. The number of hydrogen-bond donors (Lipinski definition) is 3. The number of rotatable bonds is 10. The van der Waals surface area contributed by atoms with Crippen molar-refractivity contribution >= 4 is 17.9 Å². The third-order valence-corrected chi connectivity index (χ3v) is 5.46. The largest absolute Gasteiger partial charge is 0.445 e. The molecule has 0 spiro atoms. The number of amides is 3. The molecule has 3 amide bonds. The number of halogens is 3. The van der Waals surface area contributed by atoms with E-state index in [0.717, 1.165) is 23.3 Å². The SMILES string of the molecule is NC(=O)[C@@H](Cc1cccc(C(F)(F)F)c1)NC(=O)[C@H](Cc1ccccc1)NC(=O)OCc1ccccc1. The van der Waals surface area contributed by atoms with Crippen LogP contribution in [0.4, 0.5) is 18.0 Å². The molecule has 7 nitrogen and oxygen atoms in total. The Morgan fingerprint density at radius 2 is 1.32 bits per heavy atom. The lowest BCUT2D eigenvalue weighted by Crippen LogP contribution is -2.54. The van der Waals surface area contributed by atoms with Gasteiger partial charge in [0.1, 0.15) is 18.7 Å². The Morgan fingerprint density at radius 3 is 1.92 bits per heavy atom. The number of hydrogen-bond acceptors (Lipinski definition) is 4. The Bertz CT molecular complexity index is 1200. The lowest BCUT2D eigenvalue weighted by molar-refractivity contribution is -0.137. The van der Waals surface area contributed by atoms with E-state index in [0.29, 0.717) is 0 Å². The van der Waals surface area contributed by atoms with Crippen LogP contribution in [0.25, 0.3) is 0 Å². The summed E-state index contributed by atoms with van der Waals surface area (Å²) in [6.07, 6.45) is -5.61. The Kier molecular flexibility index (Phi) is 9.26. The molecule has 0 saturated heterocycles. The summed E-state index contributed by atoms with van der Waals surface area (Å²) in [6.45, 7) is -0.0220. The van der Waals surface area contributed by atoms with Gasteiger partial charge in [-0.05, 0) is 22.8 Å². The van der Waals surface area contributed by atoms with Gasteiger partial charge in [0.05, 0.1) is 5.56 Å². The first-order valence-electron chi connectivity index (χ1n) is 11.4. The van der Waals surface area contributed by atoms with Gasteiger partial charge in [-0.15, -0.1) is 0 Å². The van der Waals surface area contributed by atoms with E-state index in [2.05, 4.69) is 10.6 Å². The van der Waals surface area contributed by atoms with E-state index >= 15 is 0 Å². The Labute approximate surface area is 211 Å². The number of ether oxygens (including phenoxy) is 1. The standard InChI is InChI=1S/C27H26F3N3O4/c28-27(29,30)21-13-7-12-20(14-21)16-22(24(31)34)32-25(35)23(15-18-8-3-1-4-9-18)33-26(36)37-17-19-10-5-2-6-11-19/h1-14,22-23H,15-17H2,(H2,31,34)(H,32,35)(H,33,36)/t22-,23+/m1/s1. The van der Waals surface area contributed by atoms with E-state index in [9.17, 15) is 27.6 Å². The lowest BCUT2D eigenvalue weighted by Gasteiger charge is -2.22. The van der Waals surface area contributed by atoms with E-state index in [1.807, 2.05) is 6.07 Å². The summed E-state index contributed by atoms with van der Waals surface area (Å²) in [5.74, 6) is -1.67. The molecule has 0 radical (unpaired) electrons. The molecule has 2 atom stereocenters. The van der Waals surface area contributed by atoms with E-state index in [4.69, 9.17) is 10.5 Å². The van der Waals surface area contributed by atoms with Crippen molar-refractivity contribution in [1.29, 1.82) is 0 Å². The predicted molar refractivity (Wildman–Crippen MR) is 130 cm³/mol. The fraction of sp³-hybridized carbons (Fsp3) is 0.222. The fourth-order valence-electron chi connectivity index (χ4n) is 3.57. The van der Waals surface area contributed by atoms with Gasteiger partial charge in [0, 0.05) is 12.8 Å². The Hall–Kier alpha value is -4.34. The second-order valence-corrected chi connectivity index (χ2v) is 8.31. The summed E-state index contributed by atoms with van der Waals surface area (Å²) in [6, 6.07) is 19.7. The van der Waals surface area contributed by atoms with E-state index < -0.39 is 41.7 Å². The van der Waals surface area contributed by atoms with Crippen LogP contribution in [-0.4, -0.2) is 30.0 Å². The minimum Gasteiger partial charge on any atom is -0.445 e. The number of alkyl carbamates (subject to hydrolysis) is 1. The quantitative estimate of drug-likeness (QED) is 0.384. The molecule has 194 valence electrons. The summed E-state index contributed by atoms with van der Waals surface area (Å²) >= 11 is 0. The first-order valence-corrected chi connectivity index (χ1v) is 11.4. The van der Waals surface area contributed by atoms with Crippen molar-refractivity contribution in [2.24, 2.45) is 5.73 Å². The van der Waals surface area contributed by atoms with Gasteiger partial charge in [0.2, 0.25) is 11.8 Å². The van der Waals surface area contributed by atoms with Crippen LogP contribution in [0, 0.1) is 0 Å². The van der Waals surface area contributed by atoms with Crippen LogP contribution in [-0.2, 0) is 40.0 Å². The average molecular weight is 514 g/mol. The molecule has 0 aliphatic carbocycles. The smallest absolute Gasteiger partial charge is 0.416 e. The number of nitrogens with two attached hydrogens (primary N) is 1. The van der Waals surface area contributed by atoms with Crippen LogP contribution in [0.5, 0.6) is 0 Å². The van der Waals surface area contributed by atoms with Gasteiger partial charge in [-0.1, -0.05) is 78.9 Å². The number of nitrogens with one attached hydrogen (secondary N) is 2. The van der Waals surface area contributed by atoms with Gasteiger partial charge in [-0.3, -0.25) is 9.59 Å². The maximum atomic E-state index is 13.1. The zero-order chi connectivity index (χ0) is 26.8. The minimum atomic E-state index is -4.56. The molecule has 0 aliphatic heterocycles. The minimum absolute atomic E-state index is 0.0220. The van der Waals surface area contributed by atoms with Crippen molar-refractivity contribution in [3.8, 4) is 0 Å². The van der Waals surface area contributed by atoms with Crippen molar-refractivity contribution in [2.75, 3.05) is 0 Å². The molecule has 3 rings (SSSR count). The van der Waals surface area contributed by atoms with Crippen molar-refractivity contribution in [3.05, 3.63) is 107 Å². The number of carbonyl (C=O) groups excluding carboxylic acids is 3. The highest BCUT2D eigenvalue weighted by Gasteiger charge is 2.31. The monoisotopic (exact) mass is 513 g/mol. The molecular formula is C27H26F3N3O4. The highest BCUT2D eigenvalue weighted by molar-refractivity contribution is 5.91. The molecule has 3 aromatic carbocycles. The van der Waals surface area contributed by atoms with Gasteiger partial charge in [-0.2, -0.15) is 13.2 Å². The van der Waals surface area contributed by atoms with Crippen molar-refractivity contribution < 1.29 is 32.3 Å². The summed E-state index contributed by atoms with van der Waals surface area (Å²) in [7, 11) is 0. The second-order valence-electron chi connectivity index (χ2n) is 8.31. The van der Waals surface area contributed by atoms with Crippen molar-refractivity contribution in [1.82, 2.24) is 10.6 Å². The van der Waals surface area contributed by atoms with Crippen LogP contribution < -0.4 is 16.4 Å². The summed E-state index contributed by atoms with van der Waals surface area (Å²) in [4.78, 5) is 37.6. The molecule has 10 heteroatoms. The molecule has 0 aromatic heterocycles. The number of primary amides is 1. The van der Waals surface area contributed by atoms with Crippen molar-refractivity contribution in [3.63, 3.8) is 0 Å². The van der Waals surface area contributed by atoms with E-state index in [-0.39, 0.29) is 25.0 Å². The molecule has 37 heavy (non-hydrogen) atoms. The third-order valence-electron chi connectivity index (χ3n) is 5.46. The highest BCUT2D eigenvalue weighted by Crippen LogP contribution is 2.29. The molecule has 0 saturated carbocycles. The fourth-order valence-corrected chi connectivity index (χ4v) is 3.57. The summed E-state index contributed by atoms with van der Waals surface area (Å²) in [5, 5.41) is 4.96. The van der Waals surface area contributed by atoms with Crippen LogP contribution in [0.15, 0.2) is 84.9 Å². The third kappa shape index (κ3) is 8.68. The maximum Gasteiger partial charge on any atom is 0.416 e. The molecule has 3 aromatic rings. The highest BCUT2D eigenvalue weighted by atomic mass is 19.4. The number of alkyl halides is 3. The molecule has 4 N–H and O–H groups in total. The molecule has 0 fully saturated rings. The first kappa shape index (κ1) is 27.3. The van der Waals surface area contributed by atoms with Gasteiger partial charge >= 0.3 is 12.3 Å². The number of benzene rings is 3. The predicted octanol–water partition coefficient (Wildman–Crippen LogP) is 3.76. The first-order chi connectivity index (χ1) is 17.6. The van der Waals surface area contributed by atoms with Crippen LogP contribution in [0.2, 0.25) is 0 Å². The molecular weight excluding hydrogens is 487 g/mol. The average Bonchev–Trinajstić information content (AvgIpc) is 2.87. The van der Waals surface area contributed by atoms with Crippen molar-refractivity contribution in [2.45, 2.75) is 37.7 Å². The van der Waals surface area contributed by atoms with Crippen LogP contribution in [0.1, 0.15) is 22.3 Å². The van der Waals surface area contributed by atoms with Crippen LogP contribution in [0.3, 0.4) is 0 Å². The lowest BCUT2D eigenvalue weighted by atomic mass is 10.0. The topological polar surface area (TPSA) is 111 Å². The van der Waals surface area contributed by atoms with Gasteiger partial charge in [0.25, 0.3) is 0 Å². The molecule has 0 heterocycles. The second kappa shape index (κ2) is 12.6. The number of carbonyl (C=O) groups is 3. The Morgan fingerprint density at radius 1 is 0.757 bits per heavy atom. The maximum absolute atomic E-state index is 13.1. The molecule has 0 bridgehead atoms. The van der Waals surface area contributed by atoms with Gasteiger partial charge in [-0.25, -0.2) is 4.79 Å². The molecule has 0 unspecified atom stereocenters. The van der Waals surface area contributed by atoms with E-state index in [1.54, 1.807) is 54.6 Å². The van der Waals surface area contributed by atoms with E-state index in [1.165, 1.54) is 12.1 Å². The Balaban J connectivity index is 1.72. The van der Waals surface area contributed by atoms with Gasteiger partial charge in [0.15, 0.2) is 0 Å². The summed E-state index contributed by atoms with van der Waals surface area (Å²) in [5.41, 5.74) is 6.18. The zero-order valence-electron chi connectivity index (χ0n) is 19.7. The van der Waals surface area contributed by atoms with Gasteiger partial charge < -0.3 is 21.1 Å². The normalized spacial score (nSPS) is 12.7. The summed E-state index contributed by atoms with van der Waals surface area (Å²) < 4.78 is 44.4. The van der Waals surface area contributed by atoms with Crippen LogP contribution >= 0.6 is 0 Å².